The molecule has 0 amide bonds. The molecule has 3 rings (SSSR count). The van der Waals surface area contributed by atoms with Crippen molar-refractivity contribution in [2.24, 2.45) is 0 Å². The maximum atomic E-state index is 11.8. The maximum Gasteiger partial charge on any atom is 0.258 e. The molecule has 1 fully saturated rings. The highest BCUT2D eigenvalue weighted by atomic mass is 16.6. The highest BCUT2D eigenvalue weighted by Gasteiger charge is 2.28. The Hall–Kier alpha value is -1.88. The van der Waals surface area contributed by atoms with Gasteiger partial charge in [-0.3, -0.25) is 4.79 Å². The molecule has 5 heteroatoms. The van der Waals surface area contributed by atoms with Crippen LogP contribution in [-0.2, 0) is 4.74 Å². The van der Waals surface area contributed by atoms with Gasteiger partial charge in [0.05, 0.1) is 19.1 Å². The van der Waals surface area contributed by atoms with Gasteiger partial charge in [-0.1, -0.05) is 6.07 Å². The number of hydrogen-bond donors (Lipinski definition) is 1. The number of aromatic nitrogens is 2. The van der Waals surface area contributed by atoms with Crippen LogP contribution in [0.1, 0.15) is 11.9 Å². The fourth-order valence-electron chi connectivity index (χ4n) is 1.68. The van der Waals surface area contributed by atoms with E-state index >= 15 is 0 Å². The van der Waals surface area contributed by atoms with Gasteiger partial charge in [0.2, 0.25) is 0 Å². The molecule has 1 aliphatic heterocycles. The highest BCUT2D eigenvalue weighted by molar-refractivity contribution is 5.83. The lowest BCUT2D eigenvalue weighted by Gasteiger charge is -2.04. The summed E-state index contributed by atoms with van der Waals surface area (Å²) in [5, 5.41) is 0.531. The average Bonchev–Trinajstić information content (AvgIpc) is 3.12. The number of nitrogens with zero attached hydrogens (tertiary/aromatic N) is 1. The molecule has 1 aromatic heterocycles. The standard InChI is InChI=1S/C11H10N2O3/c1-15-7-4-2-3-6-9(7)12-10(8-5-16-8)13-11(6)14/h2-4,8H,5H2,1H3,(H,12,13,14). The smallest absolute Gasteiger partial charge is 0.258 e. The van der Waals surface area contributed by atoms with Gasteiger partial charge in [0.25, 0.3) is 5.56 Å². The zero-order valence-corrected chi connectivity index (χ0v) is 8.69. The van der Waals surface area contributed by atoms with E-state index in [1.54, 1.807) is 25.3 Å². The molecule has 0 aliphatic carbocycles. The molecule has 5 nitrogen and oxygen atoms in total. The van der Waals surface area contributed by atoms with Crippen molar-refractivity contribution in [1.82, 2.24) is 9.97 Å². The van der Waals surface area contributed by atoms with E-state index in [0.717, 1.165) is 0 Å². The molecule has 82 valence electrons. The van der Waals surface area contributed by atoms with Crippen LogP contribution in [0.15, 0.2) is 23.0 Å². The molecule has 1 N–H and O–H groups in total. The summed E-state index contributed by atoms with van der Waals surface area (Å²) in [5.41, 5.74) is 0.425. The first-order chi connectivity index (χ1) is 7.79. The molecule has 2 heterocycles. The minimum atomic E-state index is -0.158. The Morgan fingerprint density at radius 3 is 3.06 bits per heavy atom. The Labute approximate surface area is 91.0 Å². The monoisotopic (exact) mass is 218 g/mol. The van der Waals surface area contributed by atoms with E-state index in [2.05, 4.69) is 9.97 Å². The van der Waals surface area contributed by atoms with E-state index in [4.69, 9.17) is 9.47 Å². The molecular formula is C11H10N2O3. The van der Waals surface area contributed by atoms with Crippen molar-refractivity contribution in [3.63, 3.8) is 0 Å². The van der Waals surface area contributed by atoms with E-state index < -0.39 is 0 Å². The minimum absolute atomic E-state index is 0.0676. The van der Waals surface area contributed by atoms with E-state index in [1.165, 1.54) is 0 Å². The largest absolute Gasteiger partial charge is 0.494 e. The van der Waals surface area contributed by atoms with Gasteiger partial charge in [-0.2, -0.15) is 0 Å². The minimum Gasteiger partial charge on any atom is -0.494 e. The molecule has 0 bridgehead atoms. The molecule has 1 atom stereocenters. The van der Waals surface area contributed by atoms with Crippen LogP contribution in [0.2, 0.25) is 0 Å². The first-order valence-corrected chi connectivity index (χ1v) is 4.98. The average molecular weight is 218 g/mol. The van der Waals surface area contributed by atoms with Gasteiger partial charge in [0.15, 0.2) is 0 Å². The second-order valence-corrected chi connectivity index (χ2v) is 3.63. The van der Waals surface area contributed by atoms with Gasteiger partial charge in [-0.05, 0) is 12.1 Å². The van der Waals surface area contributed by atoms with Crippen LogP contribution in [0.5, 0.6) is 5.75 Å². The Balaban J connectivity index is 2.33. The molecule has 1 saturated heterocycles. The molecule has 0 saturated carbocycles. The summed E-state index contributed by atoms with van der Waals surface area (Å²) in [6, 6.07) is 5.28. The van der Waals surface area contributed by atoms with Crippen molar-refractivity contribution in [1.29, 1.82) is 0 Å². The molecule has 2 aromatic rings. The third-order valence-corrected chi connectivity index (χ3v) is 2.58. The number of methoxy groups -OCH3 is 1. The van der Waals surface area contributed by atoms with Crippen molar-refractivity contribution >= 4 is 10.9 Å². The van der Waals surface area contributed by atoms with Crippen LogP contribution in [0.25, 0.3) is 10.9 Å². The van der Waals surface area contributed by atoms with E-state index in [0.29, 0.717) is 29.1 Å². The summed E-state index contributed by atoms with van der Waals surface area (Å²) in [4.78, 5) is 18.9. The SMILES string of the molecule is COc1cccc2c(=O)[nH]c(C3CO3)nc12. The van der Waals surface area contributed by atoms with Gasteiger partial charge in [0.1, 0.15) is 23.2 Å². The number of para-hydroxylation sites is 1. The summed E-state index contributed by atoms with van der Waals surface area (Å²) in [6.07, 6.45) is -0.0676. The van der Waals surface area contributed by atoms with Gasteiger partial charge < -0.3 is 14.5 Å². The van der Waals surface area contributed by atoms with Crippen molar-refractivity contribution < 1.29 is 9.47 Å². The number of aromatic amines is 1. The second-order valence-electron chi connectivity index (χ2n) is 3.63. The quantitative estimate of drug-likeness (QED) is 0.763. The molecule has 0 spiro atoms. The number of epoxide rings is 1. The van der Waals surface area contributed by atoms with Crippen molar-refractivity contribution in [2.75, 3.05) is 13.7 Å². The third-order valence-electron chi connectivity index (χ3n) is 2.58. The van der Waals surface area contributed by atoms with Crippen molar-refractivity contribution in [2.45, 2.75) is 6.10 Å². The fourth-order valence-corrected chi connectivity index (χ4v) is 1.68. The Kier molecular flexibility index (Phi) is 1.94. The lowest BCUT2D eigenvalue weighted by molar-refractivity contribution is 0.405. The summed E-state index contributed by atoms with van der Waals surface area (Å²) < 4.78 is 10.3. The van der Waals surface area contributed by atoms with Crippen LogP contribution < -0.4 is 10.3 Å². The summed E-state index contributed by atoms with van der Waals surface area (Å²) in [6.45, 7) is 0.615. The topological polar surface area (TPSA) is 67.5 Å². The highest BCUT2D eigenvalue weighted by Crippen LogP contribution is 2.28. The number of fused-ring (bicyclic) bond motifs is 1. The fraction of sp³-hybridized carbons (Fsp3) is 0.273. The summed E-state index contributed by atoms with van der Waals surface area (Å²) in [7, 11) is 1.56. The maximum absolute atomic E-state index is 11.8. The van der Waals surface area contributed by atoms with Crippen LogP contribution in [0, 0.1) is 0 Å². The van der Waals surface area contributed by atoms with Crippen LogP contribution in [0.3, 0.4) is 0 Å². The van der Waals surface area contributed by atoms with E-state index in [9.17, 15) is 4.79 Å². The number of hydrogen-bond acceptors (Lipinski definition) is 4. The van der Waals surface area contributed by atoms with E-state index in [1.807, 2.05) is 0 Å². The molecular weight excluding hydrogens is 208 g/mol. The normalized spacial score (nSPS) is 18.7. The van der Waals surface area contributed by atoms with Crippen LogP contribution in [-0.4, -0.2) is 23.7 Å². The molecule has 1 unspecified atom stereocenters. The molecule has 1 aliphatic rings. The second kappa shape index (κ2) is 3.31. The number of ether oxygens (including phenoxy) is 2. The van der Waals surface area contributed by atoms with Gasteiger partial charge >= 0.3 is 0 Å². The first kappa shape index (κ1) is 9.35. The molecule has 16 heavy (non-hydrogen) atoms. The van der Waals surface area contributed by atoms with E-state index in [-0.39, 0.29) is 11.7 Å². The Morgan fingerprint density at radius 1 is 1.56 bits per heavy atom. The first-order valence-electron chi connectivity index (χ1n) is 4.98. The molecule has 1 aromatic carbocycles. The van der Waals surface area contributed by atoms with Crippen LogP contribution >= 0.6 is 0 Å². The lowest BCUT2D eigenvalue weighted by Crippen LogP contribution is -2.11. The number of H-pyrrole nitrogens is 1. The predicted molar refractivity (Wildman–Crippen MR) is 57.6 cm³/mol. The van der Waals surface area contributed by atoms with Gasteiger partial charge in [0, 0.05) is 0 Å². The number of nitrogens with one attached hydrogen (secondary N) is 1. The number of benzene rings is 1. The summed E-state index contributed by atoms with van der Waals surface area (Å²) >= 11 is 0. The Morgan fingerprint density at radius 2 is 2.38 bits per heavy atom. The molecule has 0 radical (unpaired) electrons. The number of rotatable bonds is 2. The lowest BCUT2D eigenvalue weighted by atomic mass is 10.2. The Bertz CT molecular complexity index is 602. The zero-order valence-electron chi connectivity index (χ0n) is 8.69. The van der Waals surface area contributed by atoms with Gasteiger partial charge in [-0.25, -0.2) is 4.98 Å². The van der Waals surface area contributed by atoms with Crippen LogP contribution in [0.4, 0.5) is 0 Å². The third kappa shape index (κ3) is 1.37. The predicted octanol–water partition coefficient (Wildman–Crippen LogP) is 1.00. The van der Waals surface area contributed by atoms with Crippen molar-refractivity contribution in [3.05, 3.63) is 34.4 Å². The van der Waals surface area contributed by atoms with Gasteiger partial charge in [-0.15, -0.1) is 0 Å². The van der Waals surface area contributed by atoms with Crippen molar-refractivity contribution in [3.8, 4) is 5.75 Å². The zero-order chi connectivity index (χ0) is 11.1. The summed E-state index contributed by atoms with van der Waals surface area (Å²) in [5.74, 6) is 1.17.